The number of rotatable bonds is 1. The number of carbonyl (C=O) groups is 1. The van der Waals surface area contributed by atoms with Crippen molar-refractivity contribution in [3.63, 3.8) is 0 Å². The molecule has 2 fully saturated rings. The Hall–Kier alpha value is -1.41. The number of nitrogens with zero attached hydrogens (tertiary/aromatic N) is 3. The maximum atomic E-state index is 12.4. The van der Waals surface area contributed by atoms with E-state index in [4.69, 9.17) is 4.74 Å². The first-order valence-electron chi connectivity index (χ1n) is 6.82. The molecule has 0 radical (unpaired) electrons. The number of nitrogens with one attached hydrogen (secondary N) is 1. The first kappa shape index (κ1) is 13.6. The summed E-state index contributed by atoms with van der Waals surface area (Å²) in [5.74, 6) is 0.475. The number of carbonyl (C=O) groups excluding carboxylic acids is 1. The molecule has 0 bridgehead atoms. The summed E-state index contributed by atoms with van der Waals surface area (Å²) in [6, 6.07) is 0.0746. The van der Waals surface area contributed by atoms with E-state index in [-0.39, 0.29) is 16.8 Å². The molecular formula is C12H18N4O3S. The number of urea groups is 1. The normalized spacial score (nSPS) is 27.1. The van der Waals surface area contributed by atoms with Gasteiger partial charge in [-0.25, -0.2) is 9.89 Å². The molecule has 2 aliphatic heterocycles. The van der Waals surface area contributed by atoms with Crippen molar-refractivity contribution in [1.29, 1.82) is 0 Å². The van der Waals surface area contributed by atoms with Gasteiger partial charge in [-0.2, -0.15) is 5.10 Å². The third kappa shape index (κ3) is 2.57. The van der Waals surface area contributed by atoms with E-state index >= 15 is 0 Å². The van der Waals surface area contributed by atoms with Crippen molar-refractivity contribution in [2.75, 3.05) is 39.4 Å². The number of hydrogen-bond acceptors (Lipinski definition) is 5. The van der Waals surface area contributed by atoms with Crippen LogP contribution in [0.15, 0.2) is 4.79 Å². The van der Waals surface area contributed by atoms with Crippen LogP contribution in [0.25, 0.3) is 0 Å². The topological polar surface area (TPSA) is 78.5 Å². The average Bonchev–Trinajstić information content (AvgIpc) is 3.05. The van der Waals surface area contributed by atoms with Crippen molar-refractivity contribution >= 4 is 17.4 Å². The van der Waals surface area contributed by atoms with Crippen LogP contribution < -0.4 is 4.87 Å². The molecule has 0 aliphatic carbocycles. The summed E-state index contributed by atoms with van der Waals surface area (Å²) in [5.41, 5.74) is 0. The van der Waals surface area contributed by atoms with Crippen LogP contribution in [0.2, 0.25) is 0 Å². The number of ether oxygens (including phenoxy) is 1. The first-order valence-corrected chi connectivity index (χ1v) is 7.64. The SMILES string of the molecule is C[C@@H]1CN(C(=O)N2CCOCC2)C[C@@H]1c1n[nH]c(=O)s1. The number of morpholine rings is 1. The number of aromatic amines is 1. The van der Waals surface area contributed by atoms with Crippen LogP contribution in [-0.2, 0) is 4.74 Å². The summed E-state index contributed by atoms with van der Waals surface area (Å²) >= 11 is 1.14. The highest BCUT2D eigenvalue weighted by Gasteiger charge is 2.37. The molecular weight excluding hydrogens is 280 g/mol. The molecule has 3 heterocycles. The minimum atomic E-state index is -0.134. The number of likely N-dealkylation sites (tertiary alicyclic amines) is 1. The van der Waals surface area contributed by atoms with E-state index in [0.717, 1.165) is 16.3 Å². The molecule has 0 unspecified atom stereocenters. The second-order valence-electron chi connectivity index (χ2n) is 5.32. The summed E-state index contributed by atoms with van der Waals surface area (Å²) in [6.07, 6.45) is 0. The Kier molecular flexibility index (Phi) is 3.75. The number of H-pyrrole nitrogens is 1. The average molecular weight is 298 g/mol. The van der Waals surface area contributed by atoms with Gasteiger partial charge in [-0.05, 0) is 5.92 Å². The second kappa shape index (κ2) is 5.53. The first-order chi connectivity index (χ1) is 9.65. The van der Waals surface area contributed by atoms with Gasteiger partial charge in [-0.15, -0.1) is 0 Å². The third-order valence-electron chi connectivity index (χ3n) is 3.94. The molecule has 0 aromatic carbocycles. The van der Waals surface area contributed by atoms with E-state index in [9.17, 15) is 9.59 Å². The van der Waals surface area contributed by atoms with E-state index in [0.29, 0.717) is 45.3 Å². The molecule has 1 N–H and O–H groups in total. The molecule has 1 aromatic rings. The highest BCUT2D eigenvalue weighted by molar-refractivity contribution is 7.08. The van der Waals surface area contributed by atoms with Crippen molar-refractivity contribution < 1.29 is 9.53 Å². The number of amides is 2. The van der Waals surface area contributed by atoms with Crippen LogP contribution in [0.5, 0.6) is 0 Å². The van der Waals surface area contributed by atoms with E-state index < -0.39 is 0 Å². The zero-order valence-electron chi connectivity index (χ0n) is 11.4. The lowest BCUT2D eigenvalue weighted by molar-refractivity contribution is 0.0449. The van der Waals surface area contributed by atoms with Gasteiger partial charge in [0.1, 0.15) is 5.01 Å². The molecule has 2 saturated heterocycles. The Labute approximate surface area is 120 Å². The van der Waals surface area contributed by atoms with E-state index in [1.54, 1.807) is 0 Å². The Morgan fingerprint density at radius 3 is 2.75 bits per heavy atom. The minimum absolute atomic E-state index is 0.0746. The monoisotopic (exact) mass is 298 g/mol. The van der Waals surface area contributed by atoms with Gasteiger partial charge in [-0.3, -0.25) is 4.79 Å². The molecule has 110 valence electrons. The molecule has 0 spiro atoms. The van der Waals surface area contributed by atoms with Crippen LogP contribution >= 0.6 is 11.3 Å². The molecule has 8 heteroatoms. The molecule has 2 aliphatic rings. The predicted octanol–water partition coefficient (Wildman–Crippen LogP) is 0.319. The molecule has 2 amide bonds. The fourth-order valence-electron chi connectivity index (χ4n) is 2.80. The highest BCUT2D eigenvalue weighted by atomic mass is 32.1. The van der Waals surface area contributed by atoms with E-state index in [1.165, 1.54) is 0 Å². The summed E-state index contributed by atoms with van der Waals surface area (Å²) in [7, 11) is 0. The quantitative estimate of drug-likeness (QED) is 0.810. The largest absolute Gasteiger partial charge is 0.378 e. The zero-order valence-corrected chi connectivity index (χ0v) is 12.2. The second-order valence-corrected chi connectivity index (χ2v) is 6.32. The zero-order chi connectivity index (χ0) is 14.1. The van der Waals surface area contributed by atoms with Gasteiger partial charge in [0.05, 0.1) is 13.2 Å². The maximum absolute atomic E-state index is 12.4. The summed E-state index contributed by atoms with van der Waals surface area (Å²) < 4.78 is 5.27. The summed E-state index contributed by atoms with van der Waals surface area (Å²) in [5, 5.41) is 7.33. The van der Waals surface area contributed by atoms with Crippen molar-refractivity contribution in [1.82, 2.24) is 20.0 Å². The third-order valence-corrected chi connectivity index (χ3v) is 4.82. The van der Waals surface area contributed by atoms with Crippen LogP contribution in [0, 0.1) is 5.92 Å². The molecule has 1 aromatic heterocycles. The Bertz CT molecular complexity index is 537. The van der Waals surface area contributed by atoms with Crippen LogP contribution in [0.4, 0.5) is 4.79 Å². The Morgan fingerprint density at radius 2 is 2.10 bits per heavy atom. The predicted molar refractivity (Wildman–Crippen MR) is 74.0 cm³/mol. The fraction of sp³-hybridized carbons (Fsp3) is 0.750. The van der Waals surface area contributed by atoms with Gasteiger partial charge >= 0.3 is 10.9 Å². The lowest BCUT2D eigenvalue weighted by Crippen LogP contribution is -2.47. The van der Waals surface area contributed by atoms with Crippen LogP contribution in [-0.4, -0.2) is 65.4 Å². The van der Waals surface area contributed by atoms with Crippen molar-refractivity contribution in [3.8, 4) is 0 Å². The van der Waals surface area contributed by atoms with Crippen LogP contribution in [0.1, 0.15) is 17.8 Å². The Balaban J connectivity index is 1.68. The number of hydrogen-bond donors (Lipinski definition) is 1. The number of aromatic nitrogens is 2. The standard InChI is InChI=1S/C12H18N4O3S/c1-8-6-16(12(18)15-2-4-19-5-3-15)7-9(8)10-13-14-11(17)20-10/h8-9H,2-7H2,1H3,(H,14,17)/t8-,9+/m1/s1. The smallest absolute Gasteiger partial charge is 0.322 e. The molecule has 0 saturated carbocycles. The summed E-state index contributed by atoms with van der Waals surface area (Å²) in [4.78, 5) is 27.2. The lowest BCUT2D eigenvalue weighted by atomic mass is 9.99. The van der Waals surface area contributed by atoms with Gasteiger partial charge in [0.25, 0.3) is 0 Å². The molecule has 7 nitrogen and oxygen atoms in total. The van der Waals surface area contributed by atoms with Gasteiger partial charge < -0.3 is 14.5 Å². The van der Waals surface area contributed by atoms with Crippen LogP contribution in [0.3, 0.4) is 0 Å². The summed E-state index contributed by atoms with van der Waals surface area (Å²) in [6.45, 7) is 5.99. The molecule has 20 heavy (non-hydrogen) atoms. The van der Waals surface area contributed by atoms with Crippen molar-refractivity contribution in [2.45, 2.75) is 12.8 Å². The van der Waals surface area contributed by atoms with Gasteiger partial charge in [0, 0.05) is 32.1 Å². The highest BCUT2D eigenvalue weighted by Crippen LogP contribution is 2.32. The van der Waals surface area contributed by atoms with Gasteiger partial charge in [0.2, 0.25) is 0 Å². The van der Waals surface area contributed by atoms with E-state index in [1.807, 2.05) is 9.80 Å². The van der Waals surface area contributed by atoms with Gasteiger partial charge in [0.15, 0.2) is 0 Å². The van der Waals surface area contributed by atoms with Crippen molar-refractivity contribution in [3.05, 3.63) is 14.7 Å². The molecule has 2 atom stereocenters. The van der Waals surface area contributed by atoms with Gasteiger partial charge in [-0.1, -0.05) is 18.3 Å². The van der Waals surface area contributed by atoms with Crippen molar-refractivity contribution in [2.24, 2.45) is 5.92 Å². The maximum Gasteiger partial charge on any atom is 0.322 e. The van der Waals surface area contributed by atoms with E-state index in [2.05, 4.69) is 17.1 Å². The molecule has 3 rings (SSSR count). The Morgan fingerprint density at radius 1 is 1.35 bits per heavy atom. The fourth-order valence-corrected chi connectivity index (χ4v) is 3.63. The lowest BCUT2D eigenvalue weighted by Gasteiger charge is -2.31. The minimum Gasteiger partial charge on any atom is -0.378 e.